The summed E-state index contributed by atoms with van der Waals surface area (Å²) in [4.78, 5) is 62.0. The first kappa shape index (κ1) is 32.3. The van der Waals surface area contributed by atoms with Gasteiger partial charge in [0.25, 0.3) is 11.8 Å². The Labute approximate surface area is 270 Å². The van der Waals surface area contributed by atoms with Crippen molar-refractivity contribution < 1.29 is 34.6 Å². The molecule has 5 heterocycles. The molecule has 6 N–H and O–H groups in total. The summed E-state index contributed by atoms with van der Waals surface area (Å²) in [5.41, 5.74) is 5.10. The van der Waals surface area contributed by atoms with E-state index in [0.717, 1.165) is 33.5 Å². The Morgan fingerprint density at radius 1 is 1.31 bits per heavy atom. The molecule has 1 saturated heterocycles. The number of amides is 2. The number of hydrogen-bond acceptors (Lipinski definition) is 16. The molecule has 0 saturated carbocycles. The maximum Gasteiger partial charge on any atom is 0.352 e. The SMILES string of the molecule is Cc1nnc(SCC2=C(C(=O)O)N3C(=O)[C@@H](NC(=O)/C(=N\OC(c4cc(=O)c(O)cn4O)C(C)C)c4csc(N)n4)[C@H]3SC2)s1. The molecular formula is C25H26N8O8S4. The minimum absolute atomic E-state index is 0.0410. The van der Waals surface area contributed by atoms with Gasteiger partial charge in [-0.25, -0.2) is 9.78 Å². The summed E-state index contributed by atoms with van der Waals surface area (Å²) in [5, 5.41) is 46.2. The first-order valence-electron chi connectivity index (χ1n) is 13.1. The number of oxime groups is 1. The molecular weight excluding hydrogens is 669 g/mol. The summed E-state index contributed by atoms with van der Waals surface area (Å²) >= 11 is 5.06. The van der Waals surface area contributed by atoms with Crippen molar-refractivity contribution in [3.8, 4) is 5.75 Å². The highest BCUT2D eigenvalue weighted by molar-refractivity contribution is 8.01. The summed E-state index contributed by atoms with van der Waals surface area (Å²) in [6, 6.07) is -0.0913. The zero-order valence-corrected chi connectivity index (χ0v) is 27.0. The van der Waals surface area contributed by atoms with Crippen LogP contribution in [0, 0.1) is 12.8 Å². The number of carboxylic acids is 1. The number of anilines is 1. The molecule has 20 heteroatoms. The van der Waals surface area contributed by atoms with Gasteiger partial charge >= 0.3 is 5.97 Å². The molecule has 5 rings (SSSR count). The van der Waals surface area contributed by atoms with Crippen LogP contribution in [-0.4, -0.2) is 86.6 Å². The van der Waals surface area contributed by atoms with E-state index in [1.165, 1.54) is 40.2 Å². The second kappa shape index (κ2) is 13.1. The maximum atomic E-state index is 13.5. The zero-order chi connectivity index (χ0) is 32.6. The van der Waals surface area contributed by atoms with E-state index < -0.39 is 46.5 Å². The third-order valence-corrected chi connectivity index (χ3v) is 10.7. The molecule has 16 nitrogen and oxygen atoms in total. The van der Waals surface area contributed by atoms with Gasteiger partial charge in [-0.05, 0) is 18.4 Å². The smallest absolute Gasteiger partial charge is 0.352 e. The van der Waals surface area contributed by atoms with E-state index in [9.17, 15) is 34.6 Å². The highest BCUT2D eigenvalue weighted by atomic mass is 32.2. The van der Waals surface area contributed by atoms with Gasteiger partial charge in [-0.2, -0.15) is 4.73 Å². The van der Waals surface area contributed by atoms with Crippen LogP contribution in [0.25, 0.3) is 0 Å². The van der Waals surface area contributed by atoms with Crippen molar-refractivity contribution in [2.45, 2.75) is 42.6 Å². The number of aryl methyl sites for hydroxylation is 1. The van der Waals surface area contributed by atoms with E-state index >= 15 is 0 Å². The number of aromatic hydroxyl groups is 1. The molecule has 2 amide bonds. The lowest BCUT2D eigenvalue weighted by Gasteiger charge is -2.49. The summed E-state index contributed by atoms with van der Waals surface area (Å²) in [6.45, 7) is 5.25. The summed E-state index contributed by atoms with van der Waals surface area (Å²) < 4.78 is 1.20. The maximum absolute atomic E-state index is 13.5. The molecule has 1 fully saturated rings. The molecule has 3 aromatic heterocycles. The van der Waals surface area contributed by atoms with Crippen LogP contribution in [0.1, 0.15) is 36.3 Å². The summed E-state index contributed by atoms with van der Waals surface area (Å²) in [5.74, 6) is -3.16. The number of pyridine rings is 1. The van der Waals surface area contributed by atoms with Crippen LogP contribution in [-0.2, 0) is 19.2 Å². The van der Waals surface area contributed by atoms with Gasteiger partial charge in [0.15, 0.2) is 27.0 Å². The average molecular weight is 695 g/mol. The number of β-lactam (4-membered cyclic amide) rings is 1. The monoisotopic (exact) mass is 694 g/mol. The number of carboxylic acid groups (broad SMARTS) is 1. The largest absolute Gasteiger partial charge is 0.503 e. The predicted molar refractivity (Wildman–Crippen MR) is 166 cm³/mol. The molecule has 3 aromatic rings. The van der Waals surface area contributed by atoms with Gasteiger partial charge in [0.2, 0.25) is 5.43 Å². The van der Waals surface area contributed by atoms with Crippen LogP contribution in [0.5, 0.6) is 5.75 Å². The van der Waals surface area contributed by atoms with Crippen molar-refractivity contribution in [1.29, 1.82) is 0 Å². The van der Waals surface area contributed by atoms with Gasteiger partial charge in [0, 0.05) is 23.0 Å². The first-order chi connectivity index (χ1) is 21.3. The molecule has 0 aromatic carbocycles. The van der Waals surface area contributed by atoms with E-state index in [0.29, 0.717) is 26.1 Å². The number of nitrogens with two attached hydrogens (primary N) is 1. The molecule has 0 aliphatic carbocycles. The van der Waals surface area contributed by atoms with Crippen LogP contribution >= 0.6 is 46.2 Å². The fraction of sp³-hybridized carbons (Fsp3) is 0.360. The van der Waals surface area contributed by atoms with E-state index in [1.807, 2.05) is 6.92 Å². The molecule has 0 bridgehead atoms. The van der Waals surface area contributed by atoms with Crippen LogP contribution in [0.3, 0.4) is 0 Å². The molecule has 0 spiro atoms. The van der Waals surface area contributed by atoms with E-state index in [2.05, 4.69) is 25.7 Å². The lowest BCUT2D eigenvalue weighted by molar-refractivity contribution is -0.150. The minimum atomic E-state index is -1.26. The standard InChI is InChI=1S/C25H26N8O8S4/c1-9(2)19(13-4-14(34)15(35)5-32(13)40)41-31-16(12-8-43-24(26)27-12)20(36)28-17-21(37)33-18(23(38)39)11(6-42-22(17)33)7-44-25-30-29-10(3)45-25/h4-5,8-9,17,19,22,35,40H,6-7H2,1-3H3,(H2,26,27)(H,28,36)(H,38,39)/b31-16-/t17-,19?,22-/m1/s1. The van der Waals surface area contributed by atoms with E-state index in [1.54, 1.807) is 13.8 Å². The Kier molecular flexibility index (Phi) is 9.37. The van der Waals surface area contributed by atoms with Crippen LogP contribution < -0.4 is 16.5 Å². The number of thiazole rings is 1. The molecule has 0 radical (unpaired) electrons. The van der Waals surface area contributed by atoms with Crippen LogP contribution in [0.4, 0.5) is 5.13 Å². The van der Waals surface area contributed by atoms with Gasteiger partial charge in [-0.3, -0.25) is 19.3 Å². The van der Waals surface area contributed by atoms with Gasteiger partial charge in [0.1, 0.15) is 33.5 Å². The highest BCUT2D eigenvalue weighted by Gasteiger charge is 2.54. The van der Waals surface area contributed by atoms with Crippen molar-refractivity contribution in [3.63, 3.8) is 0 Å². The number of aromatic nitrogens is 4. The number of hydrogen-bond donors (Lipinski definition) is 5. The second-order valence-corrected chi connectivity index (χ2v) is 14.5. The second-order valence-electron chi connectivity index (χ2n) is 10.1. The first-order valence-corrected chi connectivity index (χ1v) is 16.8. The van der Waals surface area contributed by atoms with Gasteiger partial charge < -0.3 is 31.3 Å². The number of nitrogen functional groups attached to an aromatic ring is 1. The predicted octanol–water partition coefficient (Wildman–Crippen LogP) is 1.64. The molecule has 2 aliphatic rings. The average Bonchev–Trinajstić information content (AvgIpc) is 3.61. The fourth-order valence-corrected chi connectivity index (χ4v) is 8.31. The highest BCUT2D eigenvalue weighted by Crippen LogP contribution is 2.42. The quantitative estimate of drug-likeness (QED) is 0.0631. The van der Waals surface area contributed by atoms with E-state index in [-0.39, 0.29) is 33.8 Å². The van der Waals surface area contributed by atoms with Gasteiger partial charge in [0.05, 0.1) is 6.20 Å². The third kappa shape index (κ3) is 6.63. The molecule has 3 atom stereocenters. The molecule has 238 valence electrons. The van der Waals surface area contributed by atoms with Gasteiger partial charge in [-0.1, -0.05) is 42.1 Å². The number of nitrogens with zero attached hydrogens (tertiary/aromatic N) is 6. The van der Waals surface area contributed by atoms with Crippen molar-refractivity contribution >= 4 is 74.8 Å². The zero-order valence-electron chi connectivity index (χ0n) is 23.7. The Morgan fingerprint density at radius 3 is 2.69 bits per heavy atom. The normalized spacial score (nSPS) is 18.9. The lowest BCUT2D eigenvalue weighted by atomic mass is 10.0. The molecule has 2 aliphatic heterocycles. The number of nitrogens with one attached hydrogen (secondary N) is 1. The number of thioether (sulfide) groups is 2. The Balaban J connectivity index is 1.36. The molecule has 1 unspecified atom stereocenters. The van der Waals surface area contributed by atoms with Crippen LogP contribution in [0.15, 0.2) is 43.2 Å². The third-order valence-electron chi connectivity index (χ3n) is 6.59. The Hall–Kier alpha value is -4.14. The summed E-state index contributed by atoms with van der Waals surface area (Å²) in [7, 11) is 0. The minimum Gasteiger partial charge on any atom is -0.503 e. The number of carbonyl (C=O) groups is 3. The molecule has 45 heavy (non-hydrogen) atoms. The number of carbonyl (C=O) groups excluding carboxylic acids is 2. The van der Waals surface area contributed by atoms with Crippen molar-refractivity contribution in [2.75, 3.05) is 17.2 Å². The Morgan fingerprint density at radius 2 is 2.07 bits per heavy atom. The lowest BCUT2D eigenvalue weighted by Crippen LogP contribution is -2.71. The topological polar surface area (TPSA) is 235 Å². The van der Waals surface area contributed by atoms with Gasteiger partial charge in [-0.15, -0.1) is 33.3 Å². The number of aliphatic carboxylic acids is 1. The van der Waals surface area contributed by atoms with Crippen molar-refractivity contribution in [1.82, 2.24) is 30.1 Å². The van der Waals surface area contributed by atoms with E-state index in [4.69, 9.17) is 10.6 Å². The number of fused-ring (bicyclic) bond motifs is 1. The number of rotatable bonds is 11. The van der Waals surface area contributed by atoms with Crippen LogP contribution in [0.2, 0.25) is 0 Å². The fourth-order valence-electron chi connectivity index (χ4n) is 4.46. The summed E-state index contributed by atoms with van der Waals surface area (Å²) in [6.07, 6.45) is -0.244. The van der Waals surface area contributed by atoms with Crippen molar-refractivity contribution in [2.24, 2.45) is 11.1 Å². The van der Waals surface area contributed by atoms with Crippen molar-refractivity contribution in [3.05, 3.63) is 55.5 Å². The Bertz CT molecular complexity index is 1780.